The first-order valence-electron chi connectivity index (χ1n) is 8.45. The summed E-state index contributed by atoms with van der Waals surface area (Å²) in [6.45, 7) is 8.29. The van der Waals surface area contributed by atoms with E-state index in [9.17, 15) is 8.42 Å². The molecule has 4 nitrogen and oxygen atoms in total. The highest BCUT2D eigenvalue weighted by molar-refractivity contribution is 7.92. The summed E-state index contributed by atoms with van der Waals surface area (Å²) in [5.41, 5.74) is 3.17. The van der Waals surface area contributed by atoms with Crippen molar-refractivity contribution in [1.29, 1.82) is 0 Å². The summed E-state index contributed by atoms with van der Waals surface area (Å²) in [7, 11) is -3.48. The van der Waals surface area contributed by atoms with Gasteiger partial charge in [0.25, 0.3) is 0 Å². The molecule has 1 heterocycles. The largest absolute Gasteiger partial charge is 0.296 e. The molecule has 0 amide bonds. The van der Waals surface area contributed by atoms with Crippen LogP contribution in [0.25, 0.3) is 6.08 Å². The fourth-order valence-electron chi connectivity index (χ4n) is 2.68. The van der Waals surface area contributed by atoms with Crippen LogP contribution in [0, 0.1) is 6.92 Å². The van der Waals surface area contributed by atoms with Crippen molar-refractivity contribution < 1.29 is 8.42 Å². The van der Waals surface area contributed by atoms with Gasteiger partial charge in [-0.2, -0.15) is 11.3 Å². The van der Waals surface area contributed by atoms with E-state index in [0.29, 0.717) is 6.54 Å². The zero-order valence-electron chi connectivity index (χ0n) is 15.0. The van der Waals surface area contributed by atoms with Crippen molar-refractivity contribution in [2.45, 2.75) is 26.8 Å². The quantitative estimate of drug-likeness (QED) is 0.717. The molecule has 25 heavy (non-hydrogen) atoms. The van der Waals surface area contributed by atoms with Crippen LogP contribution in [0.1, 0.15) is 36.6 Å². The molecule has 0 spiro atoms. The second-order valence-electron chi connectivity index (χ2n) is 5.90. The number of sulfonamides is 1. The molecule has 0 aliphatic heterocycles. The molecule has 1 atom stereocenters. The lowest BCUT2D eigenvalue weighted by Crippen LogP contribution is -2.37. The number of nitrogens with zero attached hydrogens (tertiary/aromatic N) is 1. The first-order chi connectivity index (χ1) is 11.9. The second kappa shape index (κ2) is 9.29. The molecule has 1 unspecified atom stereocenters. The predicted molar refractivity (Wildman–Crippen MR) is 107 cm³/mol. The van der Waals surface area contributed by atoms with Gasteiger partial charge in [-0.3, -0.25) is 4.90 Å². The van der Waals surface area contributed by atoms with Crippen molar-refractivity contribution in [3.63, 3.8) is 0 Å². The number of likely N-dealkylation sites (N-methyl/N-ethyl adjacent to an activating group) is 1. The summed E-state index contributed by atoms with van der Waals surface area (Å²) in [6.07, 6.45) is 1.62. The van der Waals surface area contributed by atoms with E-state index < -0.39 is 10.0 Å². The Balaban J connectivity index is 2.06. The van der Waals surface area contributed by atoms with Gasteiger partial charge in [-0.15, -0.1) is 0 Å². The highest BCUT2D eigenvalue weighted by Gasteiger charge is 2.20. The maximum atomic E-state index is 12.3. The molecule has 1 N–H and O–H groups in total. The van der Waals surface area contributed by atoms with Gasteiger partial charge >= 0.3 is 0 Å². The zero-order valence-corrected chi connectivity index (χ0v) is 16.6. The minimum atomic E-state index is -3.48. The van der Waals surface area contributed by atoms with Crippen LogP contribution in [0.15, 0.2) is 46.5 Å². The molecule has 136 valence electrons. The third-order valence-corrected chi connectivity index (χ3v) is 5.94. The van der Waals surface area contributed by atoms with E-state index in [1.165, 1.54) is 5.41 Å². The van der Waals surface area contributed by atoms with Crippen molar-refractivity contribution >= 4 is 27.4 Å². The monoisotopic (exact) mass is 378 g/mol. The molecule has 0 aliphatic rings. The van der Waals surface area contributed by atoms with Crippen molar-refractivity contribution in [3.05, 3.63) is 63.2 Å². The molecule has 0 fully saturated rings. The number of rotatable bonds is 9. The molecule has 2 rings (SSSR count). The predicted octanol–water partition coefficient (Wildman–Crippen LogP) is 4.03. The molecule has 6 heteroatoms. The van der Waals surface area contributed by atoms with Crippen LogP contribution in [0.3, 0.4) is 0 Å². The Kier molecular flexibility index (Phi) is 7.38. The van der Waals surface area contributed by atoms with E-state index in [2.05, 4.69) is 34.9 Å². The molecule has 0 saturated carbocycles. The number of thiophene rings is 1. The highest BCUT2D eigenvalue weighted by Crippen LogP contribution is 2.22. The van der Waals surface area contributed by atoms with E-state index in [0.717, 1.165) is 29.8 Å². The molecule has 0 aliphatic carbocycles. The summed E-state index contributed by atoms with van der Waals surface area (Å²) in [6, 6.07) is 9.85. The average Bonchev–Trinajstić information content (AvgIpc) is 3.12. The van der Waals surface area contributed by atoms with Crippen molar-refractivity contribution in [2.24, 2.45) is 0 Å². The van der Waals surface area contributed by atoms with Crippen LogP contribution in [-0.4, -0.2) is 33.0 Å². The topological polar surface area (TPSA) is 49.4 Å². The maximum Gasteiger partial charge on any atom is 0.233 e. The van der Waals surface area contributed by atoms with Crippen LogP contribution in [0.2, 0.25) is 0 Å². The summed E-state index contributed by atoms with van der Waals surface area (Å²) >= 11 is 1.63. The lowest BCUT2D eigenvalue weighted by atomic mass is 10.1. The number of hydrogen-bond donors (Lipinski definition) is 1. The standard InChI is InChI=1S/C19H26N2O2S2/c1-4-21(5-2)19(18-10-12-24-15-18)14-20-25(22,23)13-11-17-8-6-16(3)7-9-17/h6-13,15,19-20H,4-5,14H2,1-3H3. The number of nitrogens with one attached hydrogen (secondary N) is 1. The van der Waals surface area contributed by atoms with Gasteiger partial charge < -0.3 is 0 Å². The van der Waals surface area contributed by atoms with Gasteiger partial charge in [0.1, 0.15) is 0 Å². The molecular formula is C19H26N2O2S2. The molecule has 2 aromatic rings. The fourth-order valence-corrected chi connectivity index (χ4v) is 4.21. The highest BCUT2D eigenvalue weighted by atomic mass is 32.2. The smallest absolute Gasteiger partial charge is 0.233 e. The van der Waals surface area contributed by atoms with Crippen molar-refractivity contribution in [2.75, 3.05) is 19.6 Å². The Hall–Kier alpha value is -1.47. The summed E-state index contributed by atoms with van der Waals surface area (Å²) in [4.78, 5) is 2.26. The second-order valence-corrected chi connectivity index (χ2v) is 8.33. The van der Waals surface area contributed by atoms with Crippen LogP contribution in [0.5, 0.6) is 0 Å². The molecular weight excluding hydrogens is 352 g/mol. The molecule has 1 aromatic heterocycles. The fraction of sp³-hybridized carbons (Fsp3) is 0.368. The average molecular weight is 379 g/mol. The lowest BCUT2D eigenvalue weighted by molar-refractivity contribution is 0.220. The van der Waals surface area contributed by atoms with Crippen LogP contribution in [0.4, 0.5) is 0 Å². The summed E-state index contributed by atoms with van der Waals surface area (Å²) in [5, 5.41) is 5.35. The zero-order chi connectivity index (χ0) is 18.3. The summed E-state index contributed by atoms with van der Waals surface area (Å²) < 4.78 is 27.4. The van der Waals surface area contributed by atoms with Gasteiger partial charge in [-0.1, -0.05) is 43.7 Å². The van der Waals surface area contributed by atoms with Gasteiger partial charge in [0, 0.05) is 18.0 Å². The van der Waals surface area contributed by atoms with Crippen LogP contribution in [-0.2, 0) is 10.0 Å². The number of aryl methyl sites for hydroxylation is 1. The van der Waals surface area contributed by atoms with Gasteiger partial charge in [0.15, 0.2) is 0 Å². The van der Waals surface area contributed by atoms with E-state index in [-0.39, 0.29) is 6.04 Å². The minimum absolute atomic E-state index is 0.0452. The third kappa shape index (κ3) is 6.08. The van der Waals surface area contributed by atoms with E-state index in [1.807, 2.05) is 36.6 Å². The SMILES string of the molecule is CCN(CC)C(CNS(=O)(=O)C=Cc1ccc(C)cc1)c1ccsc1. The molecule has 0 saturated heterocycles. The Morgan fingerprint density at radius 2 is 1.84 bits per heavy atom. The summed E-state index contributed by atoms with van der Waals surface area (Å²) in [5.74, 6) is 0. The van der Waals surface area contributed by atoms with Crippen LogP contribution < -0.4 is 4.72 Å². The molecule has 0 bridgehead atoms. The molecule has 1 aromatic carbocycles. The van der Waals surface area contributed by atoms with Gasteiger partial charge in [0.05, 0.1) is 0 Å². The lowest BCUT2D eigenvalue weighted by Gasteiger charge is -2.29. The van der Waals surface area contributed by atoms with E-state index >= 15 is 0 Å². The van der Waals surface area contributed by atoms with Gasteiger partial charge in [-0.25, -0.2) is 13.1 Å². The number of hydrogen-bond acceptors (Lipinski definition) is 4. The minimum Gasteiger partial charge on any atom is -0.296 e. The normalized spacial score (nSPS) is 13.6. The number of benzene rings is 1. The molecule has 0 radical (unpaired) electrons. The Morgan fingerprint density at radius 3 is 2.40 bits per heavy atom. The Morgan fingerprint density at radius 1 is 1.16 bits per heavy atom. The van der Waals surface area contributed by atoms with E-state index in [1.54, 1.807) is 17.4 Å². The Bertz CT molecular complexity index is 762. The van der Waals surface area contributed by atoms with E-state index in [4.69, 9.17) is 0 Å². The first kappa shape index (κ1) is 19.8. The maximum absolute atomic E-state index is 12.3. The van der Waals surface area contributed by atoms with Gasteiger partial charge in [-0.05, 0) is 54.0 Å². The third-order valence-electron chi connectivity index (χ3n) is 4.18. The first-order valence-corrected chi connectivity index (χ1v) is 10.9. The van der Waals surface area contributed by atoms with Crippen molar-refractivity contribution in [3.8, 4) is 0 Å². The van der Waals surface area contributed by atoms with Gasteiger partial charge in [0.2, 0.25) is 10.0 Å². The van der Waals surface area contributed by atoms with Crippen LogP contribution >= 0.6 is 11.3 Å². The van der Waals surface area contributed by atoms with Crippen molar-refractivity contribution in [1.82, 2.24) is 9.62 Å². The Labute approximate surface area is 155 Å².